The molecule has 0 saturated heterocycles. The van der Waals surface area contributed by atoms with Crippen molar-refractivity contribution in [3.63, 3.8) is 0 Å². The standard InChI is InChI=1S/C18H25N3/c1-13(16-8-7-9-16)19-12-18-14(2)20-21(15(18)3)17-10-5-4-6-11-17/h4-6,10-11,13,16,19H,7-9,12H2,1-3H3. The van der Waals surface area contributed by atoms with Gasteiger partial charge in [-0.1, -0.05) is 24.6 Å². The normalized spacial score (nSPS) is 16.7. The van der Waals surface area contributed by atoms with Gasteiger partial charge in [0.2, 0.25) is 0 Å². The van der Waals surface area contributed by atoms with E-state index in [0.29, 0.717) is 6.04 Å². The van der Waals surface area contributed by atoms with E-state index in [9.17, 15) is 0 Å². The minimum atomic E-state index is 0.609. The smallest absolute Gasteiger partial charge is 0.0648 e. The first-order valence-electron chi connectivity index (χ1n) is 8.00. The summed E-state index contributed by atoms with van der Waals surface area (Å²) in [4.78, 5) is 0. The summed E-state index contributed by atoms with van der Waals surface area (Å²) in [7, 11) is 0. The van der Waals surface area contributed by atoms with Crippen LogP contribution in [0.4, 0.5) is 0 Å². The SMILES string of the molecule is Cc1nn(-c2ccccc2)c(C)c1CNC(C)C1CCC1. The van der Waals surface area contributed by atoms with Crippen LogP contribution < -0.4 is 5.32 Å². The molecule has 1 aromatic heterocycles. The Morgan fingerprint density at radius 1 is 1.24 bits per heavy atom. The number of aryl methyl sites for hydroxylation is 1. The minimum absolute atomic E-state index is 0.609. The highest BCUT2D eigenvalue weighted by Crippen LogP contribution is 2.29. The molecule has 0 aliphatic heterocycles. The van der Waals surface area contributed by atoms with E-state index in [-0.39, 0.29) is 0 Å². The second-order valence-electron chi connectivity index (χ2n) is 6.26. The molecule has 112 valence electrons. The van der Waals surface area contributed by atoms with Gasteiger partial charge < -0.3 is 5.32 Å². The van der Waals surface area contributed by atoms with Crippen LogP contribution in [0.15, 0.2) is 30.3 Å². The highest BCUT2D eigenvalue weighted by Gasteiger charge is 2.24. The lowest BCUT2D eigenvalue weighted by molar-refractivity contribution is 0.240. The average molecular weight is 283 g/mol. The van der Waals surface area contributed by atoms with Gasteiger partial charge >= 0.3 is 0 Å². The second-order valence-corrected chi connectivity index (χ2v) is 6.26. The van der Waals surface area contributed by atoms with Gasteiger partial charge in [-0.3, -0.25) is 0 Å². The molecule has 1 aromatic carbocycles. The Balaban J connectivity index is 1.75. The molecule has 1 atom stereocenters. The Morgan fingerprint density at radius 3 is 2.57 bits per heavy atom. The van der Waals surface area contributed by atoms with Crippen LogP contribution in [0.3, 0.4) is 0 Å². The van der Waals surface area contributed by atoms with Crippen molar-refractivity contribution in [3.8, 4) is 5.69 Å². The summed E-state index contributed by atoms with van der Waals surface area (Å²) >= 11 is 0. The minimum Gasteiger partial charge on any atom is -0.310 e. The lowest BCUT2D eigenvalue weighted by Crippen LogP contribution is -2.36. The first kappa shape index (κ1) is 14.3. The summed E-state index contributed by atoms with van der Waals surface area (Å²) < 4.78 is 2.06. The first-order valence-corrected chi connectivity index (χ1v) is 8.00. The zero-order valence-electron chi connectivity index (χ0n) is 13.3. The van der Waals surface area contributed by atoms with Gasteiger partial charge in [0.1, 0.15) is 0 Å². The van der Waals surface area contributed by atoms with Crippen molar-refractivity contribution in [1.82, 2.24) is 15.1 Å². The van der Waals surface area contributed by atoms with E-state index in [4.69, 9.17) is 5.10 Å². The van der Waals surface area contributed by atoms with Gasteiger partial charge in [0.25, 0.3) is 0 Å². The van der Waals surface area contributed by atoms with Crippen molar-refractivity contribution in [2.75, 3.05) is 0 Å². The van der Waals surface area contributed by atoms with Crippen LogP contribution in [0.5, 0.6) is 0 Å². The molecule has 3 rings (SSSR count). The van der Waals surface area contributed by atoms with Gasteiger partial charge in [0.15, 0.2) is 0 Å². The number of benzene rings is 1. The summed E-state index contributed by atoms with van der Waals surface area (Å²) in [6.45, 7) is 7.51. The Kier molecular flexibility index (Phi) is 4.11. The van der Waals surface area contributed by atoms with E-state index in [1.54, 1.807) is 0 Å². The third kappa shape index (κ3) is 2.88. The fourth-order valence-corrected chi connectivity index (χ4v) is 3.12. The number of nitrogens with zero attached hydrogens (tertiary/aromatic N) is 2. The van der Waals surface area contributed by atoms with E-state index in [2.05, 4.69) is 55.0 Å². The molecule has 0 radical (unpaired) electrons. The predicted octanol–water partition coefficient (Wildman–Crippen LogP) is 3.77. The maximum absolute atomic E-state index is 4.71. The molecule has 1 saturated carbocycles. The van der Waals surface area contributed by atoms with Crippen molar-refractivity contribution >= 4 is 0 Å². The van der Waals surface area contributed by atoms with Crippen LogP contribution in [0, 0.1) is 19.8 Å². The maximum Gasteiger partial charge on any atom is 0.0648 e. The molecule has 0 amide bonds. The predicted molar refractivity (Wildman–Crippen MR) is 86.7 cm³/mol. The van der Waals surface area contributed by atoms with Gasteiger partial charge in [0.05, 0.1) is 11.4 Å². The largest absolute Gasteiger partial charge is 0.310 e. The summed E-state index contributed by atoms with van der Waals surface area (Å²) in [5.41, 5.74) is 4.85. The number of hydrogen-bond donors (Lipinski definition) is 1. The van der Waals surface area contributed by atoms with Crippen molar-refractivity contribution in [2.45, 2.75) is 52.6 Å². The van der Waals surface area contributed by atoms with Gasteiger partial charge in [-0.25, -0.2) is 4.68 Å². The summed E-state index contributed by atoms with van der Waals surface area (Å²) in [5, 5.41) is 8.41. The molecular formula is C18H25N3. The quantitative estimate of drug-likeness (QED) is 0.905. The number of rotatable bonds is 5. The first-order chi connectivity index (χ1) is 10.2. The topological polar surface area (TPSA) is 29.9 Å². The van der Waals surface area contributed by atoms with E-state index in [0.717, 1.165) is 23.8 Å². The zero-order chi connectivity index (χ0) is 14.8. The summed E-state index contributed by atoms with van der Waals surface area (Å²) in [6.07, 6.45) is 4.17. The molecule has 1 aliphatic carbocycles. The molecule has 3 nitrogen and oxygen atoms in total. The van der Waals surface area contributed by atoms with Crippen LogP contribution in [-0.2, 0) is 6.54 Å². The Bertz CT molecular complexity index is 596. The van der Waals surface area contributed by atoms with Crippen LogP contribution in [0.1, 0.15) is 43.1 Å². The molecule has 2 aromatic rings. The fraction of sp³-hybridized carbons (Fsp3) is 0.500. The Morgan fingerprint density at radius 2 is 1.95 bits per heavy atom. The van der Waals surface area contributed by atoms with E-state index in [1.807, 2.05) is 6.07 Å². The molecule has 1 heterocycles. The molecule has 21 heavy (non-hydrogen) atoms. The van der Waals surface area contributed by atoms with Crippen molar-refractivity contribution in [3.05, 3.63) is 47.3 Å². The van der Waals surface area contributed by atoms with Crippen LogP contribution >= 0.6 is 0 Å². The van der Waals surface area contributed by atoms with Crippen LogP contribution in [0.25, 0.3) is 5.69 Å². The van der Waals surface area contributed by atoms with Gasteiger partial charge in [0, 0.05) is 23.8 Å². The van der Waals surface area contributed by atoms with Gasteiger partial charge in [-0.05, 0) is 51.7 Å². The molecule has 0 bridgehead atoms. The number of hydrogen-bond acceptors (Lipinski definition) is 2. The third-order valence-corrected chi connectivity index (χ3v) is 4.90. The molecule has 3 heteroatoms. The number of nitrogens with one attached hydrogen (secondary N) is 1. The third-order valence-electron chi connectivity index (χ3n) is 4.90. The van der Waals surface area contributed by atoms with Crippen molar-refractivity contribution in [2.24, 2.45) is 5.92 Å². The van der Waals surface area contributed by atoms with E-state index < -0.39 is 0 Å². The molecular weight excluding hydrogens is 258 g/mol. The fourth-order valence-electron chi connectivity index (χ4n) is 3.12. The molecule has 0 spiro atoms. The van der Waals surface area contributed by atoms with Crippen molar-refractivity contribution in [1.29, 1.82) is 0 Å². The van der Waals surface area contributed by atoms with Crippen LogP contribution in [-0.4, -0.2) is 15.8 Å². The summed E-state index contributed by atoms with van der Waals surface area (Å²) in [6, 6.07) is 11.0. The number of para-hydroxylation sites is 1. The highest BCUT2D eigenvalue weighted by molar-refractivity contribution is 5.36. The van der Waals surface area contributed by atoms with Gasteiger partial charge in [-0.2, -0.15) is 5.10 Å². The molecule has 1 N–H and O–H groups in total. The lowest BCUT2D eigenvalue weighted by atomic mass is 9.80. The Hall–Kier alpha value is -1.61. The average Bonchev–Trinajstić information content (AvgIpc) is 2.71. The highest BCUT2D eigenvalue weighted by atomic mass is 15.3. The Labute approximate surface area is 127 Å². The zero-order valence-corrected chi connectivity index (χ0v) is 13.3. The van der Waals surface area contributed by atoms with E-state index >= 15 is 0 Å². The molecule has 1 fully saturated rings. The van der Waals surface area contributed by atoms with Crippen LogP contribution in [0.2, 0.25) is 0 Å². The monoisotopic (exact) mass is 283 g/mol. The summed E-state index contributed by atoms with van der Waals surface area (Å²) in [5.74, 6) is 0.870. The molecule has 1 aliphatic rings. The maximum atomic E-state index is 4.71. The second kappa shape index (κ2) is 6.02. The molecule has 1 unspecified atom stereocenters. The van der Waals surface area contributed by atoms with Crippen molar-refractivity contribution < 1.29 is 0 Å². The number of aromatic nitrogens is 2. The van der Waals surface area contributed by atoms with E-state index in [1.165, 1.54) is 30.5 Å². The van der Waals surface area contributed by atoms with Gasteiger partial charge in [-0.15, -0.1) is 0 Å². The lowest BCUT2D eigenvalue weighted by Gasteiger charge is -2.32.